The van der Waals surface area contributed by atoms with Gasteiger partial charge in [0.2, 0.25) is 5.56 Å². The zero-order valence-corrected chi connectivity index (χ0v) is 10.5. The number of aromatic amines is 1. The molecule has 0 unspecified atom stereocenters. The second-order valence-electron chi connectivity index (χ2n) is 3.98. The summed E-state index contributed by atoms with van der Waals surface area (Å²) in [5.41, 5.74) is -0.595. The van der Waals surface area contributed by atoms with Gasteiger partial charge in [0.1, 0.15) is 11.8 Å². The predicted molar refractivity (Wildman–Crippen MR) is 72.8 cm³/mol. The Kier molecular flexibility index (Phi) is 3.76. The fourth-order valence-electron chi connectivity index (χ4n) is 1.62. The molecular formula is C13H8N4O4. The first kappa shape index (κ1) is 14.0. The maximum atomic E-state index is 11.9. The number of nitrogens with zero attached hydrogens (tertiary/aromatic N) is 2. The third-order valence-corrected chi connectivity index (χ3v) is 2.60. The molecular weight excluding hydrogens is 276 g/mol. The first-order valence-electron chi connectivity index (χ1n) is 5.70. The number of nitro benzene ring substituents is 1. The van der Waals surface area contributed by atoms with Crippen molar-refractivity contribution in [1.82, 2.24) is 4.98 Å². The van der Waals surface area contributed by atoms with Gasteiger partial charge in [-0.25, -0.2) is 0 Å². The number of benzene rings is 1. The molecule has 0 saturated carbocycles. The van der Waals surface area contributed by atoms with Crippen LogP contribution in [0.5, 0.6) is 0 Å². The fraction of sp³-hybridized carbons (Fsp3) is 0. The molecule has 21 heavy (non-hydrogen) atoms. The summed E-state index contributed by atoms with van der Waals surface area (Å²) in [6.45, 7) is 0. The van der Waals surface area contributed by atoms with Gasteiger partial charge in [-0.1, -0.05) is 6.07 Å². The zero-order valence-electron chi connectivity index (χ0n) is 10.5. The molecule has 8 nitrogen and oxygen atoms in total. The lowest BCUT2D eigenvalue weighted by Crippen LogP contribution is -2.18. The van der Waals surface area contributed by atoms with Crippen LogP contribution in [0, 0.1) is 21.4 Å². The Hall–Kier alpha value is -3.47. The first-order valence-corrected chi connectivity index (χ1v) is 5.70. The van der Waals surface area contributed by atoms with Crippen molar-refractivity contribution < 1.29 is 9.72 Å². The van der Waals surface area contributed by atoms with Crippen LogP contribution in [0.1, 0.15) is 16.1 Å². The average Bonchev–Trinajstić information content (AvgIpc) is 2.47. The van der Waals surface area contributed by atoms with Gasteiger partial charge in [0.05, 0.1) is 16.2 Å². The molecule has 1 aromatic carbocycles. The van der Waals surface area contributed by atoms with Crippen molar-refractivity contribution in [2.45, 2.75) is 0 Å². The molecule has 0 aliphatic rings. The van der Waals surface area contributed by atoms with Gasteiger partial charge in [-0.3, -0.25) is 19.7 Å². The number of nitrogens with one attached hydrogen (secondary N) is 2. The standard InChI is InChI=1S/C13H8N4O4/c14-7-8-6-9(17(20)21)4-5-10(8)16-13(19)11-2-1-3-12(18)15-11/h1-6H,(H,15,18)(H,16,19). The van der Waals surface area contributed by atoms with E-state index in [0.29, 0.717) is 0 Å². The van der Waals surface area contributed by atoms with E-state index < -0.39 is 16.4 Å². The second kappa shape index (κ2) is 5.66. The van der Waals surface area contributed by atoms with Crippen molar-refractivity contribution in [3.05, 3.63) is 68.1 Å². The maximum Gasteiger partial charge on any atom is 0.272 e. The van der Waals surface area contributed by atoms with Crippen molar-refractivity contribution in [3.8, 4) is 6.07 Å². The van der Waals surface area contributed by atoms with Crippen molar-refractivity contribution in [3.63, 3.8) is 0 Å². The highest BCUT2D eigenvalue weighted by Crippen LogP contribution is 2.21. The predicted octanol–water partition coefficient (Wildman–Crippen LogP) is 1.41. The number of nitro groups is 1. The number of carbonyl (C=O) groups excluding carboxylic acids is 1. The molecule has 0 atom stereocenters. The Morgan fingerprint density at radius 2 is 2.10 bits per heavy atom. The quantitative estimate of drug-likeness (QED) is 0.650. The monoisotopic (exact) mass is 284 g/mol. The zero-order chi connectivity index (χ0) is 15.4. The third kappa shape index (κ3) is 3.10. The SMILES string of the molecule is N#Cc1cc([N+](=O)[O-])ccc1NC(=O)c1cccc(=O)[nH]1. The summed E-state index contributed by atoms with van der Waals surface area (Å²) >= 11 is 0. The summed E-state index contributed by atoms with van der Waals surface area (Å²) in [5.74, 6) is -0.627. The number of hydrogen-bond donors (Lipinski definition) is 2. The van der Waals surface area contributed by atoms with Crippen molar-refractivity contribution in [2.75, 3.05) is 5.32 Å². The highest BCUT2D eigenvalue weighted by molar-refractivity contribution is 6.03. The normalized spacial score (nSPS) is 9.67. The van der Waals surface area contributed by atoms with Crippen LogP contribution in [0.2, 0.25) is 0 Å². The van der Waals surface area contributed by atoms with Gasteiger partial charge in [0, 0.05) is 18.2 Å². The number of hydrogen-bond acceptors (Lipinski definition) is 5. The van der Waals surface area contributed by atoms with Gasteiger partial charge in [-0.15, -0.1) is 0 Å². The van der Waals surface area contributed by atoms with Crippen LogP contribution in [0.25, 0.3) is 0 Å². The van der Waals surface area contributed by atoms with Crippen LogP contribution < -0.4 is 10.9 Å². The third-order valence-electron chi connectivity index (χ3n) is 2.60. The minimum Gasteiger partial charge on any atom is -0.319 e. The number of non-ortho nitro benzene ring substituents is 1. The van der Waals surface area contributed by atoms with Crippen molar-refractivity contribution in [1.29, 1.82) is 5.26 Å². The molecule has 0 fully saturated rings. The van der Waals surface area contributed by atoms with Crippen molar-refractivity contribution in [2.24, 2.45) is 0 Å². The van der Waals surface area contributed by atoms with E-state index in [9.17, 15) is 19.7 Å². The maximum absolute atomic E-state index is 11.9. The Labute approximate surface area is 117 Å². The molecule has 1 heterocycles. The second-order valence-corrected chi connectivity index (χ2v) is 3.98. The molecule has 1 amide bonds. The molecule has 0 aliphatic heterocycles. The largest absolute Gasteiger partial charge is 0.319 e. The number of aromatic nitrogens is 1. The van der Waals surface area contributed by atoms with Crippen LogP contribution in [0.3, 0.4) is 0 Å². The number of rotatable bonds is 3. The number of pyridine rings is 1. The molecule has 2 N–H and O–H groups in total. The van der Waals surface area contributed by atoms with Gasteiger partial charge in [0.15, 0.2) is 0 Å². The Morgan fingerprint density at radius 3 is 2.71 bits per heavy atom. The van der Waals surface area contributed by atoms with E-state index in [1.54, 1.807) is 6.07 Å². The highest BCUT2D eigenvalue weighted by Gasteiger charge is 2.13. The summed E-state index contributed by atoms with van der Waals surface area (Å²) in [5, 5.41) is 22.0. The number of carbonyl (C=O) groups is 1. The van der Waals surface area contributed by atoms with E-state index in [1.807, 2.05) is 0 Å². The van der Waals surface area contributed by atoms with Crippen LogP contribution >= 0.6 is 0 Å². The molecule has 0 aliphatic carbocycles. The van der Waals surface area contributed by atoms with Gasteiger partial charge in [0.25, 0.3) is 11.6 Å². The van der Waals surface area contributed by atoms with E-state index >= 15 is 0 Å². The highest BCUT2D eigenvalue weighted by atomic mass is 16.6. The molecule has 104 valence electrons. The summed E-state index contributed by atoms with van der Waals surface area (Å²) in [7, 11) is 0. The molecule has 8 heteroatoms. The summed E-state index contributed by atoms with van der Waals surface area (Å²) in [6, 6.07) is 9.32. The Morgan fingerprint density at radius 1 is 1.33 bits per heavy atom. The van der Waals surface area contributed by atoms with E-state index in [1.165, 1.54) is 30.3 Å². The van der Waals surface area contributed by atoms with Gasteiger partial charge in [-0.2, -0.15) is 5.26 Å². The lowest BCUT2D eigenvalue weighted by molar-refractivity contribution is -0.384. The minimum absolute atomic E-state index is 0.0183. The molecule has 0 bridgehead atoms. The smallest absolute Gasteiger partial charge is 0.272 e. The minimum atomic E-state index is -0.638. The van der Waals surface area contributed by atoms with Crippen LogP contribution in [0.4, 0.5) is 11.4 Å². The van der Waals surface area contributed by atoms with E-state index in [4.69, 9.17) is 5.26 Å². The summed E-state index contributed by atoms with van der Waals surface area (Å²) < 4.78 is 0. The fourth-order valence-corrected chi connectivity index (χ4v) is 1.62. The van der Waals surface area contributed by atoms with Crippen molar-refractivity contribution >= 4 is 17.3 Å². The van der Waals surface area contributed by atoms with Gasteiger partial charge >= 0.3 is 0 Å². The number of anilines is 1. The average molecular weight is 284 g/mol. The summed E-state index contributed by atoms with van der Waals surface area (Å²) in [4.78, 5) is 35.4. The lowest BCUT2D eigenvalue weighted by atomic mass is 10.1. The molecule has 2 rings (SSSR count). The lowest BCUT2D eigenvalue weighted by Gasteiger charge is -2.06. The van der Waals surface area contributed by atoms with E-state index in [0.717, 1.165) is 6.07 Å². The molecule has 0 spiro atoms. The number of amides is 1. The Bertz CT molecular complexity index is 819. The Balaban J connectivity index is 2.32. The van der Waals surface area contributed by atoms with E-state index in [2.05, 4.69) is 10.3 Å². The van der Waals surface area contributed by atoms with Crippen LogP contribution in [-0.4, -0.2) is 15.8 Å². The van der Waals surface area contributed by atoms with Gasteiger partial charge < -0.3 is 10.3 Å². The topological polar surface area (TPSA) is 129 Å². The summed E-state index contributed by atoms with van der Waals surface area (Å²) in [6.07, 6.45) is 0. The van der Waals surface area contributed by atoms with Gasteiger partial charge in [-0.05, 0) is 12.1 Å². The van der Waals surface area contributed by atoms with Crippen LogP contribution in [-0.2, 0) is 0 Å². The molecule has 2 aromatic rings. The van der Waals surface area contributed by atoms with E-state index in [-0.39, 0.29) is 22.6 Å². The molecule has 0 saturated heterocycles. The number of nitriles is 1. The van der Waals surface area contributed by atoms with Crippen LogP contribution in [0.15, 0.2) is 41.2 Å². The molecule has 1 aromatic heterocycles. The first-order chi connectivity index (χ1) is 10.0. The molecule has 0 radical (unpaired) electrons. The number of H-pyrrole nitrogens is 1.